The number of aromatic nitrogens is 4. The summed E-state index contributed by atoms with van der Waals surface area (Å²) in [5.41, 5.74) is 1.33. The molecule has 5 nitrogen and oxygen atoms in total. The van der Waals surface area contributed by atoms with Crippen LogP contribution in [0.1, 0.15) is 5.56 Å². The van der Waals surface area contributed by atoms with Crippen molar-refractivity contribution in [2.75, 3.05) is 0 Å². The summed E-state index contributed by atoms with van der Waals surface area (Å²) in [5, 5.41) is 5.37. The third-order valence-corrected chi connectivity index (χ3v) is 5.09. The lowest BCUT2D eigenvalue weighted by atomic mass is 10.2. The van der Waals surface area contributed by atoms with E-state index >= 15 is 0 Å². The molecule has 0 aliphatic carbocycles. The fourth-order valence-corrected chi connectivity index (χ4v) is 3.73. The molecule has 8 heteroatoms. The van der Waals surface area contributed by atoms with E-state index in [2.05, 4.69) is 15.1 Å². The molecule has 1 N–H and O–H groups in total. The summed E-state index contributed by atoms with van der Waals surface area (Å²) in [7, 11) is 0. The Bertz CT molecular complexity index is 1120. The van der Waals surface area contributed by atoms with E-state index in [1.54, 1.807) is 16.8 Å². The van der Waals surface area contributed by atoms with Gasteiger partial charge in [-0.05, 0) is 24.3 Å². The average Bonchev–Trinajstić information content (AvgIpc) is 3.06. The number of nitrogens with one attached hydrogen (secondary N) is 1. The molecule has 0 saturated carbocycles. The molecule has 0 spiro atoms. The third-order valence-electron chi connectivity index (χ3n) is 3.83. The summed E-state index contributed by atoms with van der Waals surface area (Å²) < 4.78 is 15.5. The van der Waals surface area contributed by atoms with Gasteiger partial charge in [0.2, 0.25) is 0 Å². The lowest BCUT2D eigenvalue weighted by Crippen LogP contribution is -2.09. The van der Waals surface area contributed by atoms with E-state index in [9.17, 15) is 9.18 Å². The second-order valence-corrected chi connectivity index (χ2v) is 6.86. The van der Waals surface area contributed by atoms with Gasteiger partial charge in [0.1, 0.15) is 11.2 Å². The zero-order valence-corrected chi connectivity index (χ0v) is 14.9. The van der Waals surface area contributed by atoms with Crippen LogP contribution in [0.2, 0.25) is 5.02 Å². The molecule has 0 aliphatic heterocycles. The maximum atomic E-state index is 13.9. The van der Waals surface area contributed by atoms with E-state index in [0.29, 0.717) is 26.8 Å². The molecular weight excluding hydrogens is 375 g/mol. The van der Waals surface area contributed by atoms with Crippen molar-refractivity contribution in [2.24, 2.45) is 0 Å². The molecule has 4 aromatic rings. The summed E-state index contributed by atoms with van der Waals surface area (Å²) in [6.07, 6.45) is 1.48. The molecule has 130 valence electrons. The number of halogens is 2. The fraction of sp³-hybridized carbons (Fsp3) is 0.0556. The third kappa shape index (κ3) is 3.11. The van der Waals surface area contributed by atoms with Crippen LogP contribution in [0.25, 0.3) is 16.7 Å². The van der Waals surface area contributed by atoms with Gasteiger partial charge in [-0.25, -0.2) is 14.1 Å². The van der Waals surface area contributed by atoms with Gasteiger partial charge in [-0.15, -0.1) is 0 Å². The Hall–Kier alpha value is -2.64. The van der Waals surface area contributed by atoms with Gasteiger partial charge < -0.3 is 4.98 Å². The van der Waals surface area contributed by atoms with E-state index in [1.807, 2.05) is 30.3 Å². The molecule has 2 heterocycles. The van der Waals surface area contributed by atoms with E-state index in [4.69, 9.17) is 11.6 Å². The second kappa shape index (κ2) is 6.93. The van der Waals surface area contributed by atoms with Gasteiger partial charge in [0.05, 0.1) is 11.9 Å². The van der Waals surface area contributed by atoms with Crippen molar-refractivity contribution in [3.63, 3.8) is 0 Å². The van der Waals surface area contributed by atoms with Crippen LogP contribution in [0.15, 0.2) is 64.7 Å². The van der Waals surface area contributed by atoms with Crippen LogP contribution in [-0.4, -0.2) is 19.7 Å². The lowest BCUT2D eigenvalue weighted by molar-refractivity contribution is 0.617. The Labute approximate surface area is 156 Å². The van der Waals surface area contributed by atoms with Gasteiger partial charge in [-0.3, -0.25) is 4.79 Å². The molecule has 0 radical (unpaired) electrons. The highest BCUT2D eigenvalue weighted by atomic mass is 35.5. The summed E-state index contributed by atoms with van der Waals surface area (Å²) in [6.45, 7) is 0. The zero-order valence-electron chi connectivity index (χ0n) is 13.3. The van der Waals surface area contributed by atoms with Gasteiger partial charge >= 0.3 is 0 Å². The predicted octanol–water partition coefficient (Wildman–Crippen LogP) is 4.19. The van der Waals surface area contributed by atoms with Gasteiger partial charge in [0.15, 0.2) is 10.8 Å². The van der Waals surface area contributed by atoms with Crippen LogP contribution in [0.3, 0.4) is 0 Å². The second-order valence-electron chi connectivity index (χ2n) is 5.49. The Balaban J connectivity index is 1.72. The van der Waals surface area contributed by atoms with Crippen molar-refractivity contribution in [2.45, 2.75) is 10.9 Å². The van der Waals surface area contributed by atoms with Crippen LogP contribution >= 0.6 is 23.4 Å². The van der Waals surface area contributed by atoms with Crippen molar-refractivity contribution in [1.29, 1.82) is 0 Å². The number of hydrogen-bond donors (Lipinski definition) is 1. The minimum Gasteiger partial charge on any atom is -0.301 e. The molecule has 26 heavy (non-hydrogen) atoms. The molecule has 0 saturated heterocycles. The number of fused-ring (bicyclic) bond motifs is 1. The Morgan fingerprint density at radius 1 is 1.15 bits per heavy atom. The Kier molecular flexibility index (Phi) is 4.48. The highest BCUT2D eigenvalue weighted by Crippen LogP contribution is 2.27. The SMILES string of the molecule is O=c1[nH]c(SCc2c(F)cccc2Cl)nc2c1cnn2-c1ccccc1. The molecular formula is C18H12ClFN4OS. The number of para-hydroxylation sites is 1. The van der Waals surface area contributed by atoms with Crippen LogP contribution < -0.4 is 5.56 Å². The normalized spacial score (nSPS) is 11.2. The first kappa shape index (κ1) is 16.8. The maximum Gasteiger partial charge on any atom is 0.262 e. The van der Waals surface area contributed by atoms with Crippen molar-refractivity contribution >= 4 is 34.4 Å². The Morgan fingerprint density at radius 3 is 2.73 bits per heavy atom. The topological polar surface area (TPSA) is 63.6 Å². The van der Waals surface area contributed by atoms with E-state index in [0.717, 1.165) is 5.69 Å². The first-order chi connectivity index (χ1) is 12.6. The van der Waals surface area contributed by atoms with Gasteiger partial charge in [0.25, 0.3) is 5.56 Å². The quantitative estimate of drug-likeness (QED) is 0.422. The molecule has 0 fully saturated rings. The van der Waals surface area contributed by atoms with Crippen molar-refractivity contribution in [3.05, 3.63) is 81.5 Å². The maximum absolute atomic E-state index is 13.9. The predicted molar refractivity (Wildman–Crippen MR) is 100 cm³/mol. The van der Waals surface area contributed by atoms with Gasteiger partial charge in [0, 0.05) is 16.3 Å². The molecule has 0 unspecified atom stereocenters. The first-order valence-electron chi connectivity index (χ1n) is 7.72. The smallest absolute Gasteiger partial charge is 0.262 e. The van der Waals surface area contributed by atoms with Crippen molar-refractivity contribution in [1.82, 2.24) is 19.7 Å². The number of benzene rings is 2. The molecule has 2 aromatic heterocycles. The molecule has 0 bridgehead atoms. The highest BCUT2D eigenvalue weighted by Gasteiger charge is 2.13. The van der Waals surface area contributed by atoms with Crippen LogP contribution in [0.4, 0.5) is 4.39 Å². The zero-order chi connectivity index (χ0) is 18.1. The van der Waals surface area contributed by atoms with Gasteiger partial charge in [-0.1, -0.05) is 47.6 Å². The lowest BCUT2D eigenvalue weighted by Gasteiger charge is -2.06. The summed E-state index contributed by atoms with van der Waals surface area (Å²) >= 11 is 7.26. The summed E-state index contributed by atoms with van der Waals surface area (Å²) in [5.74, 6) is -0.137. The molecule has 0 aliphatic rings. The number of hydrogen-bond acceptors (Lipinski definition) is 4. The monoisotopic (exact) mass is 386 g/mol. The number of thioether (sulfide) groups is 1. The van der Waals surface area contributed by atoms with Gasteiger partial charge in [-0.2, -0.15) is 5.10 Å². The van der Waals surface area contributed by atoms with Crippen molar-refractivity contribution < 1.29 is 4.39 Å². The van der Waals surface area contributed by atoms with Crippen LogP contribution in [-0.2, 0) is 5.75 Å². The molecule has 0 amide bonds. The molecule has 4 rings (SSSR count). The van der Waals surface area contributed by atoms with E-state index in [-0.39, 0.29) is 17.1 Å². The first-order valence-corrected chi connectivity index (χ1v) is 9.09. The standard InChI is InChI=1S/C18H12ClFN4OS/c19-14-7-4-8-15(20)13(14)10-26-18-22-16-12(17(25)23-18)9-21-24(16)11-5-2-1-3-6-11/h1-9H,10H2,(H,22,23,25). The summed E-state index contributed by atoms with van der Waals surface area (Å²) in [6, 6.07) is 13.9. The van der Waals surface area contributed by atoms with Crippen LogP contribution in [0.5, 0.6) is 0 Å². The number of nitrogens with zero attached hydrogens (tertiary/aromatic N) is 3. The summed E-state index contributed by atoms with van der Waals surface area (Å²) in [4.78, 5) is 19.5. The highest BCUT2D eigenvalue weighted by molar-refractivity contribution is 7.98. The van der Waals surface area contributed by atoms with Crippen molar-refractivity contribution in [3.8, 4) is 5.69 Å². The number of rotatable bonds is 4. The van der Waals surface area contributed by atoms with Crippen LogP contribution in [0, 0.1) is 5.82 Å². The number of H-pyrrole nitrogens is 1. The van der Waals surface area contributed by atoms with E-state index in [1.165, 1.54) is 24.0 Å². The molecule has 2 aromatic carbocycles. The van der Waals surface area contributed by atoms with E-state index < -0.39 is 0 Å². The largest absolute Gasteiger partial charge is 0.301 e. The minimum atomic E-state index is -0.386. The fourth-order valence-electron chi connectivity index (χ4n) is 2.54. The Morgan fingerprint density at radius 2 is 1.96 bits per heavy atom. The average molecular weight is 387 g/mol. The number of aromatic amines is 1. The minimum absolute atomic E-state index is 0.249. The molecule has 0 atom stereocenters.